The second-order valence-corrected chi connectivity index (χ2v) is 5.34. The number of nitrogens with one attached hydrogen (secondary N) is 1. The van der Waals surface area contributed by atoms with Gasteiger partial charge in [0.25, 0.3) is 5.91 Å². The van der Waals surface area contributed by atoms with Crippen LogP contribution in [0.15, 0.2) is 36.7 Å². The van der Waals surface area contributed by atoms with Crippen LogP contribution in [0.2, 0.25) is 0 Å². The van der Waals surface area contributed by atoms with E-state index in [0.717, 1.165) is 12.0 Å². The molecule has 2 aromatic heterocycles. The first-order valence-electron chi connectivity index (χ1n) is 7.73. The molecule has 3 heterocycles. The minimum Gasteiger partial charge on any atom is -0.481 e. The first-order valence-corrected chi connectivity index (χ1v) is 7.73. The molecule has 2 aromatic rings. The van der Waals surface area contributed by atoms with Gasteiger partial charge >= 0.3 is 0 Å². The third kappa shape index (κ3) is 3.99. The van der Waals surface area contributed by atoms with Gasteiger partial charge in [0.15, 0.2) is 0 Å². The number of ether oxygens (including phenoxy) is 3. The quantitative estimate of drug-likeness (QED) is 0.866. The molecule has 1 aliphatic heterocycles. The molecule has 0 bridgehead atoms. The van der Waals surface area contributed by atoms with Gasteiger partial charge in [-0.15, -0.1) is 0 Å². The standard InChI is InChI=1S/C17H19N3O4/c1-22-17-13(3-2-7-18-17)10-20-16(21)12-4-5-15(19-9-12)24-14-6-8-23-11-14/h2-5,7,9,14H,6,8,10-11H2,1H3,(H,20,21). The molecule has 1 atom stereocenters. The van der Waals surface area contributed by atoms with E-state index < -0.39 is 0 Å². The average Bonchev–Trinajstić information content (AvgIpc) is 3.13. The lowest BCUT2D eigenvalue weighted by atomic mass is 10.2. The largest absolute Gasteiger partial charge is 0.481 e. The highest BCUT2D eigenvalue weighted by Gasteiger charge is 2.18. The zero-order valence-electron chi connectivity index (χ0n) is 13.4. The summed E-state index contributed by atoms with van der Waals surface area (Å²) < 4.78 is 16.1. The van der Waals surface area contributed by atoms with Gasteiger partial charge in [0.1, 0.15) is 6.10 Å². The van der Waals surface area contributed by atoms with Gasteiger partial charge in [0.2, 0.25) is 11.8 Å². The van der Waals surface area contributed by atoms with E-state index in [9.17, 15) is 4.79 Å². The number of hydrogen-bond acceptors (Lipinski definition) is 6. The Morgan fingerprint density at radius 3 is 3.00 bits per heavy atom. The maximum absolute atomic E-state index is 12.2. The summed E-state index contributed by atoms with van der Waals surface area (Å²) in [7, 11) is 1.55. The molecule has 1 fully saturated rings. The molecule has 1 amide bonds. The molecule has 1 unspecified atom stereocenters. The van der Waals surface area contributed by atoms with Gasteiger partial charge in [-0.25, -0.2) is 9.97 Å². The summed E-state index contributed by atoms with van der Waals surface area (Å²) in [5.41, 5.74) is 1.27. The fourth-order valence-corrected chi connectivity index (χ4v) is 2.38. The van der Waals surface area contributed by atoms with Gasteiger partial charge < -0.3 is 19.5 Å². The summed E-state index contributed by atoms with van der Waals surface area (Å²) in [6.45, 7) is 1.62. The Balaban J connectivity index is 1.56. The molecule has 0 spiro atoms. The van der Waals surface area contributed by atoms with E-state index in [-0.39, 0.29) is 12.0 Å². The minimum absolute atomic E-state index is 0.0372. The molecule has 0 saturated carbocycles. The molecule has 126 valence electrons. The third-order valence-corrected chi connectivity index (χ3v) is 3.66. The van der Waals surface area contributed by atoms with Crippen LogP contribution < -0.4 is 14.8 Å². The lowest BCUT2D eigenvalue weighted by molar-refractivity contribution is 0.0950. The Labute approximate surface area is 140 Å². The SMILES string of the molecule is COc1ncccc1CNC(=O)c1ccc(OC2CCOC2)nc1. The highest BCUT2D eigenvalue weighted by molar-refractivity contribution is 5.93. The van der Waals surface area contributed by atoms with Crippen LogP contribution in [0.1, 0.15) is 22.3 Å². The first kappa shape index (κ1) is 16.2. The average molecular weight is 329 g/mol. The molecule has 3 rings (SSSR count). The number of rotatable bonds is 6. The van der Waals surface area contributed by atoms with Gasteiger partial charge in [-0.1, -0.05) is 6.07 Å². The first-order chi connectivity index (χ1) is 11.8. The minimum atomic E-state index is -0.218. The molecular formula is C17H19N3O4. The van der Waals surface area contributed by atoms with Crippen LogP contribution in [0.25, 0.3) is 0 Å². The Morgan fingerprint density at radius 2 is 2.29 bits per heavy atom. The zero-order valence-corrected chi connectivity index (χ0v) is 13.4. The Morgan fingerprint density at radius 1 is 1.38 bits per heavy atom. The van der Waals surface area contributed by atoms with E-state index in [2.05, 4.69) is 15.3 Å². The summed E-state index contributed by atoms with van der Waals surface area (Å²) in [6, 6.07) is 7.03. The number of pyridine rings is 2. The van der Waals surface area contributed by atoms with Crippen molar-refractivity contribution in [2.45, 2.75) is 19.1 Å². The number of hydrogen-bond donors (Lipinski definition) is 1. The predicted molar refractivity (Wildman–Crippen MR) is 86.0 cm³/mol. The maximum atomic E-state index is 12.2. The monoisotopic (exact) mass is 329 g/mol. The summed E-state index contributed by atoms with van der Waals surface area (Å²) in [6.07, 6.45) is 4.04. The molecule has 0 radical (unpaired) electrons. The van der Waals surface area contributed by atoms with Gasteiger partial charge in [0.05, 0.1) is 25.9 Å². The molecule has 7 heteroatoms. The number of carbonyl (C=O) groups excluding carboxylic acids is 1. The zero-order chi connectivity index (χ0) is 16.8. The Kier molecular flexibility index (Phi) is 5.22. The van der Waals surface area contributed by atoms with Crippen molar-refractivity contribution in [1.29, 1.82) is 0 Å². The molecule has 1 N–H and O–H groups in total. The smallest absolute Gasteiger partial charge is 0.253 e. The topological polar surface area (TPSA) is 82.6 Å². The van der Waals surface area contributed by atoms with E-state index in [1.165, 1.54) is 6.20 Å². The van der Waals surface area contributed by atoms with Crippen LogP contribution >= 0.6 is 0 Å². The number of carbonyl (C=O) groups is 1. The second kappa shape index (κ2) is 7.74. The van der Waals surface area contributed by atoms with Gasteiger partial charge in [-0.05, 0) is 12.1 Å². The fourth-order valence-electron chi connectivity index (χ4n) is 2.38. The fraction of sp³-hybridized carbons (Fsp3) is 0.353. The number of methoxy groups -OCH3 is 1. The highest BCUT2D eigenvalue weighted by atomic mass is 16.5. The Bertz CT molecular complexity index is 684. The van der Waals surface area contributed by atoms with Crippen molar-refractivity contribution in [2.75, 3.05) is 20.3 Å². The summed E-state index contributed by atoms with van der Waals surface area (Å²) in [5.74, 6) is 0.776. The van der Waals surface area contributed by atoms with Crippen molar-refractivity contribution in [3.05, 3.63) is 47.8 Å². The molecular weight excluding hydrogens is 310 g/mol. The van der Waals surface area contributed by atoms with Crippen molar-refractivity contribution in [3.63, 3.8) is 0 Å². The van der Waals surface area contributed by atoms with Crippen LogP contribution in [0, 0.1) is 0 Å². The van der Waals surface area contributed by atoms with Crippen LogP contribution in [-0.2, 0) is 11.3 Å². The number of amides is 1. The summed E-state index contributed by atoms with van der Waals surface area (Å²) in [4.78, 5) is 20.5. The van der Waals surface area contributed by atoms with Crippen LogP contribution in [-0.4, -0.2) is 42.3 Å². The molecule has 1 aliphatic rings. The highest BCUT2D eigenvalue weighted by Crippen LogP contribution is 2.15. The van der Waals surface area contributed by atoms with Crippen molar-refractivity contribution in [3.8, 4) is 11.8 Å². The van der Waals surface area contributed by atoms with E-state index in [1.807, 2.05) is 6.07 Å². The van der Waals surface area contributed by atoms with Gasteiger partial charge in [0, 0.05) is 37.0 Å². The predicted octanol–water partition coefficient (Wildman–Crippen LogP) is 1.58. The van der Waals surface area contributed by atoms with Gasteiger partial charge in [-0.2, -0.15) is 0 Å². The molecule has 1 saturated heterocycles. The van der Waals surface area contributed by atoms with Crippen LogP contribution in [0.3, 0.4) is 0 Å². The second-order valence-electron chi connectivity index (χ2n) is 5.34. The van der Waals surface area contributed by atoms with Crippen molar-refractivity contribution >= 4 is 5.91 Å². The van der Waals surface area contributed by atoms with E-state index >= 15 is 0 Å². The molecule has 0 aliphatic carbocycles. The van der Waals surface area contributed by atoms with Gasteiger partial charge in [-0.3, -0.25) is 4.79 Å². The molecule has 0 aromatic carbocycles. The third-order valence-electron chi connectivity index (χ3n) is 3.66. The van der Waals surface area contributed by atoms with Crippen LogP contribution in [0.5, 0.6) is 11.8 Å². The van der Waals surface area contributed by atoms with E-state index in [4.69, 9.17) is 14.2 Å². The number of aromatic nitrogens is 2. The number of nitrogens with zero attached hydrogens (tertiary/aromatic N) is 2. The van der Waals surface area contributed by atoms with Crippen molar-refractivity contribution < 1.29 is 19.0 Å². The molecule has 7 nitrogen and oxygen atoms in total. The lowest BCUT2D eigenvalue weighted by Gasteiger charge is -2.11. The van der Waals surface area contributed by atoms with Crippen molar-refractivity contribution in [1.82, 2.24) is 15.3 Å². The Hall–Kier alpha value is -2.67. The summed E-state index contributed by atoms with van der Waals surface area (Å²) >= 11 is 0. The normalized spacial score (nSPS) is 16.6. The van der Waals surface area contributed by atoms with Crippen LogP contribution in [0.4, 0.5) is 0 Å². The maximum Gasteiger partial charge on any atom is 0.253 e. The molecule has 24 heavy (non-hydrogen) atoms. The van der Waals surface area contributed by atoms with Crippen molar-refractivity contribution in [2.24, 2.45) is 0 Å². The lowest BCUT2D eigenvalue weighted by Crippen LogP contribution is -2.23. The summed E-state index contributed by atoms with van der Waals surface area (Å²) in [5, 5.41) is 2.82. The van der Waals surface area contributed by atoms with E-state index in [1.54, 1.807) is 31.5 Å². The van der Waals surface area contributed by atoms with E-state index in [0.29, 0.717) is 37.1 Å².